The van der Waals surface area contributed by atoms with E-state index < -0.39 is 0 Å². The largest absolute Gasteiger partial charge is 0.359 e. The third-order valence-electron chi connectivity index (χ3n) is 3.10. The molecule has 6 nitrogen and oxygen atoms in total. The molecule has 2 aromatic rings. The molecule has 0 bridgehead atoms. The number of aryl methyl sites for hydroxylation is 1. The highest BCUT2D eigenvalue weighted by molar-refractivity contribution is 5.60. The molecule has 0 spiro atoms. The fourth-order valence-corrected chi connectivity index (χ4v) is 2.09. The predicted molar refractivity (Wildman–Crippen MR) is 73.4 cm³/mol. The zero-order chi connectivity index (χ0) is 14.0. The molecule has 0 saturated heterocycles. The summed E-state index contributed by atoms with van der Waals surface area (Å²) in [5, 5.41) is 8.32. The monoisotopic (exact) mass is 263 g/mol. The Labute approximate surface area is 113 Å². The summed E-state index contributed by atoms with van der Waals surface area (Å²) < 4.78 is 7.19. The molecule has 0 amide bonds. The quantitative estimate of drug-likeness (QED) is 0.876. The Morgan fingerprint density at radius 1 is 1.53 bits per heavy atom. The standard InChI is InChI=1S/C13H21N5O/c1-9(14)7-17(3)8-11-5-13(16-19-11)12-6-15-18(4)10(12)2/h5-6,9H,7-8,14H2,1-4H3. The smallest absolute Gasteiger partial charge is 0.151 e. The highest BCUT2D eigenvalue weighted by Crippen LogP contribution is 2.22. The number of nitrogens with two attached hydrogens (primary N) is 1. The molecule has 0 saturated carbocycles. The Morgan fingerprint density at radius 2 is 2.26 bits per heavy atom. The molecule has 1 unspecified atom stereocenters. The van der Waals surface area contributed by atoms with Crippen molar-refractivity contribution in [2.75, 3.05) is 13.6 Å². The maximum atomic E-state index is 5.77. The zero-order valence-electron chi connectivity index (χ0n) is 11.9. The van der Waals surface area contributed by atoms with Crippen molar-refractivity contribution < 1.29 is 4.52 Å². The Kier molecular flexibility index (Phi) is 4.01. The molecule has 104 valence electrons. The minimum atomic E-state index is 0.146. The maximum absolute atomic E-state index is 5.77. The van der Waals surface area contributed by atoms with Gasteiger partial charge in [-0.15, -0.1) is 0 Å². The van der Waals surface area contributed by atoms with Crippen LogP contribution in [-0.4, -0.2) is 39.5 Å². The molecular formula is C13H21N5O. The second-order valence-corrected chi connectivity index (χ2v) is 5.12. The summed E-state index contributed by atoms with van der Waals surface area (Å²) in [7, 11) is 3.93. The number of aromatic nitrogens is 3. The fourth-order valence-electron chi connectivity index (χ4n) is 2.09. The Morgan fingerprint density at radius 3 is 2.84 bits per heavy atom. The van der Waals surface area contributed by atoms with Crippen molar-refractivity contribution in [2.45, 2.75) is 26.4 Å². The molecule has 2 rings (SSSR count). The highest BCUT2D eigenvalue weighted by Gasteiger charge is 2.13. The molecule has 0 aliphatic rings. The van der Waals surface area contributed by atoms with Crippen molar-refractivity contribution in [1.29, 1.82) is 0 Å². The SMILES string of the molecule is Cc1c(-c2cc(CN(C)CC(C)N)on2)cnn1C. The topological polar surface area (TPSA) is 73.1 Å². The van der Waals surface area contributed by atoms with Crippen molar-refractivity contribution in [3.05, 3.63) is 23.7 Å². The molecule has 1 atom stereocenters. The van der Waals surface area contributed by atoms with Gasteiger partial charge in [-0.3, -0.25) is 9.58 Å². The van der Waals surface area contributed by atoms with Gasteiger partial charge in [0, 0.05) is 37.0 Å². The first-order chi connectivity index (χ1) is 8.97. The first-order valence-electron chi connectivity index (χ1n) is 6.36. The average Bonchev–Trinajstić information content (AvgIpc) is 2.87. The van der Waals surface area contributed by atoms with Gasteiger partial charge in [0.25, 0.3) is 0 Å². The van der Waals surface area contributed by atoms with Crippen molar-refractivity contribution in [3.63, 3.8) is 0 Å². The summed E-state index contributed by atoms with van der Waals surface area (Å²) >= 11 is 0. The first-order valence-corrected chi connectivity index (χ1v) is 6.36. The lowest BCUT2D eigenvalue weighted by Gasteiger charge is -2.16. The number of hydrogen-bond acceptors (Lipinski definition) is 5. The summed E-state index contributed by atoms with van der Waals surface area (Å²) in [5.41, 5.74) is 8.68. The Bertz CT molecular complexity index is 543. The lowest BCUT2D eigenvalue weighted by atomic mass is 10.2. The number of likely N-dealkylation sites (N-methyl/N-ethyl adjacent to an activating group) is 1. The number of hydrogen-bond donors (Lipinski definition) is 1. The molecule has 2 N–H and O–H groups in total. The molecule has 0 fully saturated rings. The van der Waals surface area contributed by atoms with E-state index >= 15 is 0 Å². The van der Waals surface area contributed by atoms with E-state index in [-0.39, 0.29) is 6.04 Å². The van der Waals surface area contributed by atoms with Crippen LogP contribution < -0.4 is 5.73 Å². The van der Waals surface area contributed by atoms with Gasteiger partial charge in [0.1, 0.15) is 5.69 Å². The van der Waals surface area contributed by atoms with Gasteiger partial charge in [-0.05, 0) is 20.9 Å². The summed E-state index contributed by atoms with van der Waals surface area (Å²) in [5.74, 6) is 0.835. The average molecular weight is 263 g/mol. The molecule has 6 heteroatoms. The first kappa shape index (κ1) is 13.8. The predicted octanol–water partition coefficient (Wildman–Crippen LogP) is 1.16. The zero-order valence-corrected chi connectivity index (χ0v) is 11.9. The third-order valence-corrected chi connectivity index (χ3v) is 3.10. The van der Waals surface area contributed by atoms with E-state index in [0.29, 0.717) is 6.54 Å². The van der Waals surface area contributed by atoms with Gasteiger partial charge in [0.15, 0.2) is 5.76 Å². The minimum Gasteiger partial charge on any atom is -0.359 e. The lowest BCUT2D eigenvalue weighted by Crippen LogP contribution is -2.32. The van der Waals surface area contributed by atoms with Crippen molar-refractivity contribution in [3.8, 4) is 11.3 Å². The number of rotatable bonds is 5. The van der Waals surface area contributed by atoms with Gasteiger partial charge in [-0.1, -0.05) is 5.16 Å². The minimum absolute atomic E-state index is 0.146. The summed E-state index contributed by atoms with van der Waals surface area (Å²) in [6.45, 7) is 5.52. The van der Waals surface area contributed by atoms with E-state index in [0.717, 1.165) is 29.3 Å². The third kappa shape index (κ3) is 3.21. The van der Waals surface area contributed by atoms with Gasteiger partial charge in [0.2, 0.25) is 0 Å². The van der Waals surface area contributed by atoms with E-state index in [1.54, 1.807) is 0 Å². The molecule has 2 heterocycles. The van der Waals surface area contributed by atoms with E-state index in [2.05, 4.69) is 15.2 Å². The van der Waals surface area contributed by atoms with Crippen LogP contribution in [0.2, 0.25) is 0 Å². The molecular weight excluding hydrogens is 242 g/mol. The van der Waals surface area contributed by atoms with E-state index in [9.17, 15) is 0 Å². The van der Waals surface area contributed by atoms with Crippen LogP contribution in [0.4, 0.5) is 0 Å². The van der Waals surface area contributed by atoms with Crippen LogP contribution in [0.5, 0.6) is 0 Å². The molecule has 0 aliphatic heterocycles. The second kappa shape index (κ2) is 5.54. The van der Waals surface area contributed by atoms with Gasteiger partial charge in [0.05, 0.1) is 12.7 Å². The summed E-state index contributed by atoms with van der Waals surface area (Å²) in [6.07, 6.45) is 1.81. The van der Waals surface area contributed by atoms with E-state index in [1.807, 2.05) is 44.9 Å². The van der Waals surface area contributed by atoms with E-state index in [1.165, 1.54) is 0 Å². The molecule has 0 aromatic carbocycles. The van der Waals surface area contributed by atoms with Crippen LogP contribution in [0.1, 0.15) is 18.4 Å². The summed E-state index contributed by atoms with van der Waals surface area (Å²) in [4.78, 5) is 2.12. The van der Waals surface area contributed by atoms with Gasteiger partial charge < -0.3 is 10.3 Å². The Balaban J connectivity index is 2.09. The second-order valence-electron chi connectivity index (χ2n) is 5.12. The van der Waals surface area contributed by atoms with E-state index in [4.69, 9.17) is 10.3 Å². The van der Waals surface area contributed by atoms with Crippen LogP contribution in [0.3, 0.4) is 0 Å². The molecule has 2 aromatic heterocycles. The van der Waals surface area contributed by atoms with Crippen molar-refractivity contribution in [1.82, 2.24) is 19.8 Å². The lowest BCUT2D eigenvalue weighted by molar-refractivity contribution is 0.263. The van der Waals surface area contributed by atoms with Gasteiger partial charge >= 0.3 is 0 Å². The maximum Gasteiger partial charge on any atom is 0.151 e. The number of nitrogens with zero attached hydrogens (tertiary/aromatic N) is 4. The normalized spacial score (nSPS) is 13.2. The summed E-state index contributed by atoms with van der Waals surface area (Å²) in [6, 6.07) is 2.11. The highest BCUT2D eigenvalue weighted by atomic mass is 16.5. The van der Waals surface area contributed by atoms with Crippen LogP contribution in [0, 0.1) is 6.92 Å². The molecule has 0 aliphatic carbocycles. The van der Waals surface area contributed by atoms with Crippen molar-refractivity contribution >= 4 is 0 Å². The van der Waals surface area contributed by atoms with Gasteiger partial charge in [-0.2, -0.15) is 5.10 Å². The van der Waals surface area contributed by atoms with Crippen LogP contribution in [0.25, 0.3) is 11.3 Å². The molecule has 0 radical (unpaired) electrons. The molecule has 19 heavy (non-hydrogen) atoms. The van der Waals surface area contributed by atoms with Crippen LogP contribution in [-0.2, 0) is 13.6 Å². The van der Waals surface area contributed by atoms with Crippen LogP contribution in [0.15, 0.2) is 16.8 Å². The van der Waals surface area contributed by atoms with Gasteiger partial charge in [-0.25, -0.2) is 0 Å². The fraction of sp³-hybridized carbons (Fsp3) is 0.538. The Hall–Kier alpha value is -1.66. The van der Waals surface area contributed by atoms with Crippen LogP contribution >= 0.6 is 0 Å². The van der Waals surface area contributed by atoms with Crippen molar-refractivity contribution in [2.24, 2.45) is 12.8 Å².